The van der Waals surface area contributed by atoms with E-state index in [0.29, 0.717) is 42.1 Å². The summed E-state index contributed by atoms with van der Waals surface area (Å²) in [4.78, 5) is 28.1. The van der Waals surface area contributed by atoms with Crippen LogP contribution in [0.3, 0.4) is 0 Å². The molecule has 2 aliphatic carbocycles. The van der Waals surface area contributed by atoms with Crippen LogP contribution in [0, 0.1) is 0 Å². The van der Waals surface area contributed by atoms with E-state index in [1.807, 2.05) is 25.2 Å². The number of carbonyl (C=O) groups is 2. The molecule has 2 heterocycles. The van der Waals surface area contributed by atoms with Gasteiger partial charge in [0, 0.05) is 30.1 Å². The lowest BCUT2D eigenvalue weighted by molar-refractivity contribution is -0.176. The average molecular weight is 594 g/mol. The van der Waals surface area contributed by atoms with Crippen molar-refractivity contribution < 1.29 is 33.6 Å². The zero-order chi connectivity index (χ0) is 26.7. The van der Waals surface area contributed by atoms with Gasteiger partial charge in [0.05, 0.1) is 24.5 Å². The maximum Gasteiger partial charge on any atom is 0.357 e. The normalized spacial score (nSPS) is 27.9. The highest BCUT2D eigenvalue weighted by Crippen LogP contribution is 2.65. The van der Waals surface area contributed by atoms with Crippen LogP contribution in [-0.4, -0.2) is 66.9 Å². The third-order valence-corrected chi connectivity index (χ3v) is 8.69. The summed E-state index contributed by atoms with van der Waals surface area (Å²) >= 11 is 0. The van der Waals surface area contributed by atoms with Crippen molar-refractivity contribution >= 4 is 36.8 Å². The Labute approximate surface area is 245 Å². The molecular weight excluding hydrogens is 559 g/mol. The van der Waals surface area contributed by atoms with Crippen molar-refractivity contribution in [3.05, 3.63) is 71.0 Å². The third-order valence-electron chi connectivity index (χ3n) is 8.69. The summed E-state index contributed by atoms with van der Waals surface area (Å²) in [5.74, 6) is 0.157. The molecule has 2 aliphatic heterocycles. The molecule has 0 amide bonds. The minimum absolute atomic E-state index is 0. The molecule has 0 aromatic heterocycles. The van der Waals surface area contributed by atoms with Crippen molar-refractivity contribution in [2.75, 3.05) is 27.2 Å². The first kappa shape index (κ1) is 30.1. The van der Waals surface area contributed by atoms with E-state index in [0.717, 1.165) is 17.7 Å². The molecule has 0 unspecified atom stereocenters. The first-order chi connectivity index (χ1) is 18.3. The number of hydrogen-bond acceptors (Lipinski definition) is 9. The minimum atomic E-state index is -1.26. The van der Waals surface area contributed by atoms with Gasteiger partial charge in [0.15, 0.2) is 17.6 Å². The number of piperidine rings is 1. The molecule has 9 nitrogen and oxygen atoms in total. The lowest BCUT2D eigenvalue weighted by Gasteiger charge is -2.61. The summed E-state index contributed by atoms with van der Waals surface area (Å²) in [5, 5.41) is 12.3. The van der Waals surface area contributed by atoms with Crippen molar-refractivity contribution in [2.45, 2.75) is 54.9 Å². The van der Waals surface area contributed by atoms with Crippen LogP contribution < -0.4 is 15.2 Å². The molecular formula is C29H34Cl2N2O7. The second-order valence-corrected chi connectivity index (χ2v) is 10.5. The second kappa shape index (κ2) is 11.2. The quantitative estimate of drug-likeness (QED) is 0.467. The maximum atomic E-state index is 13.6. The van der Waals surface area contributed by atoms with Crippen LogP contribution in [0.1, 0.15) is 42.1 Å². The Hall–Kier alpha value is -2.82. The molecule has 3 N–H and O–H groups in total. The molecule has 40 heavy (non-hydrogen) atoms. The van der Waals surface area contributed by atoms with Crippen molar-refractivity contribution in [3.63, 3.8) is 0 Å². The molecule has 2 bridgehead atoms. The number of ether oxygens (including phenoxy) is 4. The van der Waals surface area contributed by atoms with Gasteiger partial charge in [-0.05, 0) is 44.1 Å². The van der Waals surface area contributed by atoms with Crippen LogP contribution in [0.15, 0.2) is 54.3 Å². The van der Waals surface area contributed by atoms with E-state index < -0.39 is 35.2 Å². The highest BCUT2D eigenvalue weighted by Gasteiger charge is 2.72. The minimum Gasteiger partial charge on any atom is -0.493 e. The van der Waals surface area contributed by atoms with Crippen LogP contribution in [0.2, 0.25) is 0 Å². The second-order valence-electron chi connectivity index (χ2n) is 10.5. The van der Waals surface area contributed by atoms with Gasteiger partial charge in [0.25, 0.3) is 0 Å². The van der Waals surface area contributed by atoms with E-state index in [2.05, 4.69) is 4.90 Å². The smallest absolute Gasteiger partial charge is 0.357 e. The zero-order valence-electron chi connectivity index (χ0n) is 22.3. The van der Waals surface area contributed by atoms with Crippen LogP contribution in [0.25, 0.3) is 0 Å². The molecule has 1 saturated heterocycles. The first-order valence-electron chi connectivity index (χ1n) is 13.0. The number of hydrogen-bond donors (Lipinski definition) is 2. The molecule has 5 atom stereocenters. The van der Waals surface area contributed by atoms with Crippen LogP contribution >= 0.6 is 24.8 Å². The summed E-state index contributed by atoms with van der Waals surface area (Å²) in [7, 11) is 3.62. The van der Waals surface area contributed by atoms with Crippen molar-refractivity contribution in [1.29, 1.82) is 0 Å². The van der Waals surface area contributed by atoms with E-state index >= 15 is 0 Å². The van der Waals surface area contributed by atoms with Crippen molar-refractivity contribution in [2.24, 2.45) is 5.73 Å². The molecule has 216 valence electrons. The van der Waals surface area contributed by atoms with Gasteiger partial charge in [-0.15, -0.1) is 24.8 Å². The Morgan fingerprint density at radius 2 is 1.95 bits per heavy atom. The Bertz CT molecular complexity index is 1320. The van der Waals surface area contributed by atoms with E-state index in [1.54, 1.807) is 37.5 Å². The topological polar surface area (TPSA) is 121 Å². The van der Waals surface area contributed by atoms with E-state index in [1.165, 1.54) is 0 Å². The molecule has 2 aromatic carbocycles. The molecule has 11 heteroatoms. The average Bonchev–Trinajstić information content (AvgIpc) is 3.27. The molecule has 2 aromatic rings. The van der Waals surface area contributed by atoms with Crippen molar-refractivity contribution in [1.82, 2.24) is 4.90 Å². The van der Waals surface area contributed by atoms with Crippen molar-refractivity contribution in [3.8, 4) is 11.5 Å². The van der Waals surface area contributed by atoms with Gasteiger partial charge in [-0.2, -0.15) is 0 Å². The lowest BCUT2D eigenvalue weighted by atomic mass is 9.50. The summed E-state index contributed by atoms with van der Waals surface area (Å²) in [6.07, 6.45) is 1.34. The number of likely N-dealkylation sites (N-methyl/N-ethyl adjacent to an activating group) is 1. The highest BCUT2D eigenvalue weighted by molar-refractivity contribution is 5.85. The monoisotopic (exact) mass is 592 g/mol. The summed E-state index contributed by atoms with van der Waals surface area (Å²) in [5.41, 5.74) is 6.14. The molecule has 0 saturated carbocycles. The molecule has 1 fully saturated rings. The number of methoxy groups -OCH3 is 1. The van der Waals surface area contributed by atoms with Gasteiger partial charge < -0.3 is 34.7 Å². The van der Waals surface area contributed by atoms with Gasteiger partial charge in [-0.3, -0.25) is 4.79 Å². The molecule has 6 rings (SSSR count). The fourth-order valence-corrected chi connectivity index (χ4v) is 6.95. The lowest BCUT2D eigenvalue weighted by Crippen LogP contribution is -2.74. The molecule has 1 spiro atoms. The number of aliphatic hydroxyl groups is 1. The number of carbonyl (C=O) groups excluding carboxylic acids is 2. The van der Waals surface area contributed by atoms with Gasteiger partial charge in [0.2, 0.25) is 6.10 Å². The standard InChI is InChI=1S/C29H32N2O7.2ClH/c1-31-15-13-28-23-18-8-9-19(35-2)25(23)38-26(28)20(10-12-29(28,34)21(31)16-18)36-27(33)24(37-22(32)11-14-30)17-6-4-3-5-7-17;;/h3-10,21,24,26,34H,11-16,30H2,1-2H3;2*1H/t21-,24-,26+,28+,29-;;/m1../s1. The van der Waals surface area contributed by atoms with Crippen LogP contribution in [0.4, 0.5) is 0 Å². The summed E-state index contributed by atoms with van der Waals surface area (Å²) in [6, 6.07) is 12.6. The van der Waals surface area contributed by atoms with Crippen LogP contribution in [-0.2, 0) is 30.9 Å². The van der Waals surface area contributed by atoms with Gasteiger partial charge in [0.1, 0.15) is 5.76 Å². The Balaban J connectivity index is 0.00000185. The predicted octanol–water partition coefficient (Wildman–Crippen LogP) is 2.99. The van der Waals surface area contributed by atoms with Crippen LogP contribution in [0.5, 0.6) is 11.5 Å². The van der Waals surface area contributed by atoms with Gasteiger partial charge >= 0.3 is 11.9 Å². The highest BCUT2D eigenvalue weighted by atomic mass is 35.5. The van der Waals surface area contributed by atoms with E-state index in [-0.39, 0.29) is 43.8 Å². The SMILES string of the molecule is COc1ccc2c3c1O[C@H]1C(OC(=O)[C@H](OC(=O)CCN)c4ccccc4)=CC[C@@]4(O)[C@@H](C2)N(C)CC[C@]314.Cl.Cl. The van der Waals surface area contributed by atoms with Gasteiger partial charge in [-0.1, -0.05) is 36.4 Å². The Morgan fingerprint density at radius 3 is 2.65 bits per heavy atom. The number of halogens is 2. The number of nitrogens with two attached hydrogens (primary N) is 1. The number of nitrogens with zero attached hydrogens (tertiary/aromatic N) is 1. The number of esters is 2. The Kier molecular flexibility index (Phi) is 8.45. The Morgan fingerprint density at radius 1 is 1.20 bits per heavy atom. The van der Waals surface area contributed by atoms with E-state index in [4.69, 9.17) is 24.7 Å². The first-order valence-corrected chi connectivity index (χ1v) is 13.0. The fraction of sp³-hybridized carbons (Fsp3) is 0.448. The number of likely N-dealkylation sites (tertiary alicyclic amines) is 1. The fourth-order valence-electron chi connectivity index (χ4n) is 6.95. The van der Waals surface area contributed by atoms with Gasteiger partial charge in [-0.25, -0.2) is 4.79 Å². The van der Waals surface area contributed by atoms with E-state index in [9.17, 15) is 14.7 Å². The molecule has 4 aliphatic rings. The largest absolute Gasteiger partial charge is 0.493 e. The predicted molar refractivity (Wildman–Crippen MR) is 151 cm³/mol. The third kappa shape index (κ3) is 4.26. The summed E-state index contributed by atoms with van der Waals surface area (Å²) < 4.78 is 23.7. The zero-order valence-corrected chi connectivity index (χ0v) is 24.0. The molecule has 0 radical (unpaired) electrons. The summed E-state index contributed by atoms with van der Waals surface area (Å²) in [6.45, 7) is 0.864. The number of benzene rings is 2. The maximum absolute atomic E-state index is 13.6. The number of rotatable bonds is 7.